The first kappa shape index (κ1) is 19.0. The minimum Gasteiger partial charge on any atom is -0.508 e. The molecule has 2 N–H and O–H groups in total. The minimum absolute atomic E-state index is 0.0146. The molecule has 28 heavy (non-hydrogen) atoms. The van der Waals surface area contributed by atoms with Crippen LogP contribution in [0.5, 0.6) is 17.2 Å². The molecular weight excluding hydrogens is 361 g/mol. The predicted octanol–water partition coefficient (Wildman–Crippen LogP) is 3.36. The quantitative estimate of drug-likeness (QED) is 0.796. The number of hydrogen-bond donors (Lipinski definition) is 2. The fourth-order valence-electron chi connectivity index (χ4n) is 4.51. The van der Waals surface area contributed by atoms with Gasteiger partial charge in [0.15, 0.2) is 11.6 Å². The zero-order chi connectivity index (χ0) is 19.7. The molecule has 2 fully saturated rings. The summed E-state index contributed by atoms with van der Waals surface area (Å²) in [6.07, 6.45) is 1.23. The number of halogens is 1. The Kier molecular flexibility index (Phi) is 5.42. The summed E-state index contributed by atoms with van der Waals surface area (Å²) in [5.41, 5.74) is 0.810. The third-order valence-corrected chi connectivity index (χ3v) is 5.92. The van der Waals surface area contributed by atoms with Crippen molar-refractivity contribution in [3.63, 3.8) is 0 Å². The van der Waals surface area contributed by atoms with Crippen LogP contribution in [-0.4, -0.2) is 48.0 Å². The number of nitrogens with zero attached hydrogens (tertiary/aromatic N) is 1. The van der Waals surface area contributed by atoms with Crippen LogP contribution in [-0.2, 0) is 0 Å². The second-order valence-corrected chi connectivity index (χ2v) is 7.85. The maximum Gasteiger partial charge on any atom is 0.165 e. The zero-order valence-electron chi connectivity index (χ0n) is 15.9. The van der Waals surface area contributed by atoms with Crippen LogP contribution in [0.3, 0.4) is 0 Å². The molecule has 1 saturated carbocycles. The van der Waals surface area contributed by atoms with Crippen LogP contribution >= 0.6 is 0 Å². The van der Waals surface area contributed by atoms with Gasteiger partial charge in [0.25, 0.3) is 0 Å². The van der Waals surface area contributed by atoms with E-state index >= 15 is 0 Å². The number of aliphatic hydroxyl groups excluding tert-OH is 1. The molecule has 5 nitrogen and oxygen atoms in total. The van der Waals surface area contributed by atoms with Crippen LogP contribution < -0.4 is 9.47 Å². The van der Waals surface area contributed by atoms with Crippen LogP contribution in [0.1, 0.15) is 24.5 Å². The molecule has 2 aromatic rings. The van der Waals surface area contributed by atoms with E-state index in [0.717, 1.165) is 31.5 Å². The number of phenols is 1. The van der Waals surface area contributed by atoms with Crippen molar-refractivity contribution in [2.24, 2.45) is 11.8 Å². The molecule has 1 aliphatic heterocycles. The number of rotatable bonds is 6. The zero-order valence-corrected chi connectivity index (χ0v) is 15.9. The number of aromatic hydroxyl groups is 1. The van der Waals surface area contributed by atoms with Gasteiger partial charge in [-0.3, -0.25) is 4.90 Å². The van der Waals surface area contributed by atoms with Gasteiger partial charge in [-0.05, 0) is 54.5 Å². The van der Waals surface area contributed by atoms with Gasteiger partial charge >= 0.3 is 0 Å². The summed E-state index contributed by atoms with van der Waals surface area (Å²) in [7, 11) is 1.55. The molecule has 0 amide bonds. The molecule has 0 radical (unpaired) electrons. The summed E-state index contributed by atoms with van der Waals surface area (Å²) in [4.78, 5) is 2.29. The standard InChI is InChI=1S/C22H26FNO4/c1-27-18-6-7-20(23)22(10-18)28-19-8-15-11-24(12-16(15)9-19)13-21(26)14-2-4-17(25)5-3-14/h2-7,10,15-16,19,21,25-26H,8-9,11-13H2,1H3/t15-,16+,19+,21?. The summed E-state index contributed by atoms with van der Waals surface area (Å²) in [5, 5.41) is 19.8. The predicted molar refractivity (Wildman–Crippen MR) is 103 cm³/mol. The number of fused-ring (bicyclic) bond motifs is 1. The molecule has 2 aliphatic rings. The normalized spacial score (nSPS) is 25.5. The summed E-state index contributed by atoms with van der Waals surface area (Å²) in [5.74, 6) is 1.69. The second-order valence-electron chi connectivity index (χ2n) is 7.85. The Hall–Kier alpha value is -2.31. The lowest BCUT2D eigenvalue weighted by Crippen LogP contribution is -2.29. The van der Waals surface area contributed by atoms with Crippen LogP contribution in [0, 0.1) is 17.7 Å². The van der Waals surface area contributed by atoms with Gasteiger partial charge in [-0.1, -0.05) is 12.1 Å². The van der Waals surface area contributed by atoms with Gasteiger partial charge in [-0.25, -0.2) is 4.39 Å². The number of benzene rings is 2. The number of ether oxygens (including phenoxy) is 2. The smallest absolute Gasteiger partial charge is 0.165 e. The van der Waals surface area contributed by atoms with Crippen molar-refractivity contribution in [1.29, 1.82) is 0 Å². The minimum atomic E-state index is -0.572. The van der Waals surface area contributed by atoms with E-state index in [1.165, 1.54) is 6.07 Å². The molecule has 1 aliphatic carbocycles. The lowest BCUT2D eigenvalue weighted by molar-refractivity contribution is 0.115. The Labute approximate surface area is 164 Å². The number of hydrogen-bond acceptors (Lipinski definition) is 5. The lowest BCUT2D eigenvalue weighted by atomic mass is 10.0. The van der Waals surface area contributed by atoms with E-state index in [4.69, 9.17) is 9.47 Å². The molecule has 1 heterocycles. The molecule has 1 unspecified atom stereocenters. The van der Waals surface area contributed by atoms with Crippen molar-refractivity contribution in [2.45, 2.75) is 25.0 Å². The molecule has 0 spiro atoms. The van der Waals surface area contributed by atoms with E-state index in [2.05, 4.69) is 4.90 Å². The van der Waals surface area contributed by atoms with Gasteiger partial charge in [-0.15, -0.1) is 0 Å². The first-order valence-electron chi connectivity index (χ1n) is 9.71. The number of phenolic OH excluding ortho intramolecular Hbond substituents is 1. The van der Waals surface area contributed by atoms with E-state index in [0.29, 0.717) is 24.1 Å². The SMILES string of the molecule is COc1ccc(F)c(O[C@H]2C[C@@H]3CN(CC(O)c4ccc(O)cc4)C[C@@H]3C2)c1. The Morgan fingerprint density at radius 1 is 1.11 bits per heavy atom. The van der Waals surface area contributed by atoms with Gasteiger partial charge in [0.1, 0.15) is 11.5 Å². The summed E-state index contributed by atoms with van der Waals surface area (Å²) in [6.45, 7) is 2.41. The highest BCUT2D eigenvalue weighted by atomic mass is 19.1. The average molecular weight is 387 g/mol. The third-order valence-electron chi connectivity index (χ3n) is 5.92. The van der Waals surface area contributed by atoms with E-state index < -0.39 is 6.10 Å². The van der Waals surface area contributed by atoms with Gasteiger partial charge in [0.2, 0.25) is 0 Å². The number of aliphatic hydroxyl groups is 1. The van der Waals surface area contributed by atoms with Crippen LogP contribution in [0.15, 0.2) is 42.5 Å². The summed E-state index contributed by atoms with van der Waals surface area (Å²) < 4.78 is 25.1. The Bertz CT molecular complexity index is 799. The number of β-amino-alcohol motifs (C(OH)–C–C–N with tert-alkyl or cyclic N) is 1. The molecule has 0 aromatic heterocycles. The van der Waals surface area contributed by atoms with Gasteiger partial charge < -0.3 is 19.7 Å². The maximum absolute atomic E-state index is 14.0. The highest BCUT2D eigenvalue weighted by Crippen LogP contribution is 2.41. The monoisotopic (exact) mass is 387 g/mol. The lowest BCUT2D eigenvalue weighted by Gasteiger charge is -2.22. The Morgan fingerprint density at radius 3 is 2.43 bits per heavy atom. The molecule has 4 atom stereocenters. The molecule has 6 heteroatoms. The average Bonchev–Trinajstić information content (AvgIpc) is 3.21. The third kappa shape index (κ3) is 4.08. The first-order chi connectivity index (χ1) is 13.5. The molecule has 2 aromatic carbocycles. The molecule has 0 bridgehead atoms. The second kappa shape index (κ2) is 7.97. The van der Waals surface area contributed by atoms with E-state index in [-0.39, 0.29) is 23.4 Å². The van der Waals surface area contributed by atoms with Gasteiger partial charge in [-0.2, -0.15) is 0 Å². The van der Waals surface area contributed by atoms with Crippen LogP contribution in [0.4, 0.5) is 4.39 Å². The fraction of sp³-hybridized carbons (Fsp3) is 0.455. The van der Waals surface area contributed by atoms with E-state index in [9.17, 15) is 14.6 Å². The number of methoxy groups -OCH3 is 1. The maximum atomic E-state index is 14.0. The first-order valence-corrected chi connectivity index (χ1v) is 9.71. The van der Waals surface area contributed by atoms with Crippen molar-refractivity contribution in [2.75, 3.05) is 26.7 Å². The van der Waals surface area contributed by atoms with Crippen molar-refractivity contribution < 1.29 is 24.1 Å². The van der Waals surface area contributed by atoms with Gasteiger partial charge in [0.05, 0.1) is 19.3 Å². The number of likely N-dealkylation sites (tertiary alicyclic amines) is 1. The van der Waals surface area contributed by atoms with Gasteiger partial charge in [0, 0.05) is 25.7 Å². The largest absolute Gasteiger partial charge is 0.508 e. The Balaban J connectivity index is 1.30. The van der Waals surface area contributed by atoms with E-state index in [1.54, 1.807) is 43.5 Å². The highest BCUT2D eigenvalue weighted by molar-refractivity contribution is 5.34. The fourth-order valence-corrected chi connectivity index (χ4v) is 4.51. The molecular formula is C22H26FNO4. The van der Waals surface area contributed by atoms with Crippen molar-refractivity contribution in [3.8, 4) is 17.2 Å². The highest BCUT2D eigenvalue weighted by Gasteiger charge is 2.42. The van der Waals surface area contributed by atoms with Crippen LogP contribution in [0.25, 0.3) is 0 Å². The summed E-state index contributed by atoms with van der Waals surface area (Å²) >= 11 is 0. The van der Waals surface area contributed by atoms with Crippen molar-refractivity contribution in [3.05, 3.63) is 53.8 Å². The van der Waals surface area contributed by atoms with Crippen molar-refractivity contribution in [1.82, 2.24) is 4.90 Å². The van der Waals surface area contributed by atoms with E-state index in [1.807, 2.05) is 0 Å². The molecule has 150 valence electrons. The molecule has 1 saturated heterocycles. The van der Waals surface area contributed by atoms with Crippen molar-refractivity contribution >= 4 is 0 Å². The van der Waals surface area contributed by atoms with Crippen LogP contribution in [0.2, 0.25) is 0 Å². The Morgan fingerprint density at radius 2 is 1.79 bits per heavy atom. The molecule has 4 rings (SSSR count). The summed E-state index contributed by atoms with van der Waals surface area (Å²) in [6, 6.07) is 11.3. The topological polar surface area (TPSA) is 62.2 Å².